The van der Waals surface area contributed by atoms with E-state index in [0.717, 1.165) is 0 Å². The van der Waals surface area contributed by atoms with Crippen molar-refractivity contribution < 1.29 is 18.3 Å². The Morgan fingerprint density at radius 1 is 1.14 bits per heavy atom. The van der Waals surface area contributed by atoms with Crippen molar-refractivity contribution in [3.8, 4) is 5.75 Å². The largest absolute Gasteiger partial charge is 0.507 e. The van der Waals surface area contributed by atoms with E-state index in [2.05, 4.69) is 10.5 Å². The second-order valence-corrected chi connectivity index (χ2v) is 8.80. The van der Waals surface area contributed by atoms with E-state index in [9.17, 15) is 18.3 Å². The minimum Gasteiger partial charge on any atom is -0.507 e. The molecule has 0 aliphatic carbocycles. The number of hydrazone groups is 1. The summed E-state index contributed by atoms with van der Waals surface area (Å²) < 4.78 is 26.7. The molecule has 2 aromatic carbocycles. The highest BCUT2D eigenvalue weighted by Gasteiger charge is 2.32. The van der Waals surface area contributed by atoms with E-state index < -0.39 is 10.0 Å². The number of carbonyl (C=O) groups is 1. The van der Waals surface area contributed by atoms with Crippen LogP contribution in [0.5, 0.6) is 5.75 Å². The molecule has 1 fully saturated rings. The maximum atomic E-state index is 12.7. The summed E-state index contributed by atoms with van der Waals surface area (Å²) in [7, 11) is -3.60. The zero-order valence-corrected chi connectivity index (χ0v) is 16.5. The number of sulfonamides is 1. The molecule has 148 valence electrons. The Morgan fingerprint density at radius 2 is 1.79 bits per heavy atom. The van der Waals surface area contributed by atoms with Gasteiger partial charge >= 0.3 is 0 Å². The zero-order chi connectivity index (χ0) is 20.1. The third kappa shape index (κ3) is 4.70. The lowest BCUT2D eigenvalue weighted by Gasteiger charge is -2.30. The van der Waals surface area contributed by atoms with Gasteiger partial charge in [0.25, 0.3) is 0 Å². The third-order valence-corrected chi connectivity index (χ3v) is 6.76. The molecule has 0 saturated carbocycles. The van der Waals surface area contributed by atoms with Crippen molar-refractivity contribution in [2.75, 3.05) is 13.1 Å². The summed E-state index contributed by atoms with van der Waals surface area (Å²) in [6.45, 7) is 0.512. The Bertz CT molecular complexity index is 969. The number of phenolic OH excluding ortho intramolecular Hbond substituents is 1. The monoisotopic (exact) mass is 421 g/mol. The lowest BCUT2D eigenvalue weighted by molar-refractivity contribution is -0.126. The number of piperidine rings is 1. The second kappa shape index (κ2) is 8.72. The highest BCUT2D eigenvalue weighted by molar-refractivity contribution is 7.89. The number of para-hydroxylation sites is 1. The fraction of sp³-hybridized carbons (Fsp3) is 0.263. The van der Waals surface area contributed by atoms with Crippen LogP contribution in [0.2, 0.25) is 5.02 Å². The van der Waals surface area contributed by atoms with Crippen LogP contribution in [-0.4, -0.2) is 43.0 Å². The Balaban J connectivity index is 1.55. The highest BCUT2D eigenvalue weighted by atomic mass is 35.5. The van der Waals surface area contributed by atoms with Crippen LogP contribution in [0.15, 0.2) is 58.5 Å². The number of carbonyl (C=O) groups excluding carboxylic acids is 1. The summed E-state index contributed by atoms with van der Waals surface area (Å²) in [5.74, 6) is -0.519. The minimum atomic E-state index is -3.60. The summed E-state index contributed by atoms with van der Waals surface area (Å²) in [5, 5.41) is 14.0. The van der Waals surface area contributed by atoms with Crippen LogP contribution in [-0.2, 0) is 14.8 Å². The first-order valence-electron chi connectivity index (χ1n) is 8.74. The number of rotatable bonds is 5. The van der Waals surface area contributed by atoms with Crippen molar-refractivity contribution in [2.45, 2.75) is 17.7 Å². The summed E-state index contributed by atoms with van der Waals surface area (Å²) in [6.07, 6.45) is 2.18. The van der Waals surface area contributed by atoms with E-state index in [1.165, 1.54) is 40.9 Å². The molecule has 7 nitrogen and oxygen atoms in total. The summed E-state index contributed by atoms with van der Waals surface area (Å²) in [6, 6.07) is 12.7. The van der Waals surface area contributed by atoms with Crippen LogP contribution < -0.4 is 5.43 Å². The van der Waals surface area contributed by atoms with Gasteiger partial charge in [-0.05, 0) is 49.2 Å². The number of halogens is 1. The van der Waals surface area contributed by atoms with Crippen molar-refractivity contribution in [3.05, 3.63) is 59.1 Å². The van der Waals surface area contributed by atoms with Crippen molar-refractivity contribution in [2.24, 2.45) is 11.0 Å². The predicted molar refractivity (Wildman–Crippen MR) is 107 cm³/mol. The number of amides is 1. The number of nitrogens with zero attached hydrogens (tertiary/aromatic N) is 2. The van der Waals surface area contributed by atoms with Gasteiger partial charge in [0.05, 0.1) is 11.1 Å². The van der Waals surface area contributed by atoms with Gasteiger partial charge in [0, 0.05) is 29.6 Å². The zero-order valence-electron chi connectivity index (χ0n) is 15.0. The molecule has 1 amide bonds. The standard InChI is InChI=1S/C19H20ClN3O4S/c20-16-5-7-17(8-6-16)28(26,27)23-11-9-14(10-12-23)19(25)22-21-13-15-3-1-2-4-18(15)24/h1-8,13-14,24H,9-12H2,(H,22,25)/b21-13-. The molecule has 0 spiro atoms. The molecule has 9 heteroatoms. The van der Waals surface area contributed by atoms with Gasteiger partial charge in [-0.2, -0.15) is 9.41 Å². The number of hydrogen-bond acceptors (Lipinski definition) is 5. The van der Waals surface area contributed by atoms with Gasteiger partial charge in [0.15, 0.2) is 0 Å². The highest BCUT2D eigenvalue weighted by Crippen LogP contribution is 2.25. The quantitative estimate of drug-likeness (QED) is 0.572. The molecule has 2 N–H and O–H groups in total. The Morgan fingerprint density at radius 3 is 2.43 bits per heavy atom. The summed E-state index contributed by atoms with van der Waals surface area (Å²) in [5.41, 5.74) is 2.95. The molecule has 0 unspecified atom stereocenters. The maximum absolute atomic E-state index is 12.7. The molecule has 3 rings (SSSR count). The molecular weight excluding hydrogens is 402 g/mol. The van der Waals surface area contributed by atoms with Crippen molar-refractivity contribution in [1.82, 2.24) is 9.73 Å². The lowest BCUT2D eigenvalue weighted by Crippen LogP contribution is -2.42. The Hall–Kier alpha value is -2.42. The molecule has 28 heavy (non-hydrogen) atoms. The smallest absolute Gasteiger partial charge is 0.243 e. The number of benzene rings is 2. The Labute approximate surface area is 168 Å². The van der Waals surface area contributed by atoms with E-state index >= 15 is 0 Å². The normalized spacial score (nSPS) is 16.3. The molecule has 1 saturated heterocycles. The van der Waals surface area contributed by atoms with Crippen LogP contribution >= 0.6 is 11.6 Å². The van der Waals surface area contributed by atoms with Crippen LogP contribution in [0, 0.1) is 5.92 Å². The van der Waals surface area contributed by atoms with Gasteiger partial charge in [-0.1, -0.05) is 23.7 Å². The van der Waals surface area contributed by atoms with E-state index in [1.807, 2.05) is 0 Å². The molecule has 1 aliphatic rings. The second-order valence-electron chi connectivity index (χ2n) is 6.43. The maximum Gasteiger partial charge on any atom is 0.243 e. The van der Waals surface area contributed by atoms with E-state index in [0.29, 0.717) is 23.4 Å². The molecule has 2 aromatic rings. The van der Waals surface area contributed by atoms with E-state index in [1.54, 1.807) is 18.2 Å². The number of aromatic hydroxyl groups is 1. The van der Waals surface area contributed by atoms with Gasteiger partial charge < -0.3 is 5.11 Å². The first-order valence-corrected chi connectivity index (χ1v) is 10.6. The molecule has 1 aliphatic heterocycles. The molecule has 0 bridgehead atoms. The van der Waals surface area contributed by atoms with Crippen LogP contribution in [0.25, 0.3) is 0 Å². The topological polar surface area (TPSA) is 99.1 Å². The fourth-order valence-electron chi connectivity index (χ4n) is 2.97. The average molecular weight is 422 g/mol. The summed E-state index contributed by atoms with van der Waals surface area (Å²) >= 11 is 5.81. The van der Waals surface area contributed by atoms with Gasteiger partial charge in [0.2, 0.25) is 15.9 Å². The van der Waals surface area contributed by atoms with Crippen LogP contribution in [0.1, 0.15) is 18.4 Å². The van der Waals surface area contributed by atoms with Gasteiger partial charge in [-0.25, -0.2) is 13.8 Å². The molecule has 0 aromatic heterocycles. The van der Waals surface area contributed by atoms with Crippen LogP contribution in [0.4, 0.5) is 0 Å². The van der Waals surface area contributed by atoms with E-state index in [4.69, 9.17) is 11.6 Å². The van der Waals surface area contributed by atoms with Crippen molar-refractivity contribution in [1.29, 1.82) is 0 Å². The lowest BCUT2D eigenvalue weighted by atomic mass is 9.98. The van der Waals surface area contributed by atoms with Crippen molar-refractivity contribution in [3.63, 3.8) is 0 Å². The number of phenols is 1. The molecular formula is C19H20ClN3O4S. The van der Waals surface area contributed by atoms with Crippen molar-refractivity contribution >= 4 is 33.7 Å². The SMILES string of the molecule is O=C(N/N=C\c1ccccc1O)C1CCN(S(=O)(=O)c2ccc(Cl)cc2)CC1. The number of nitrogens with one attached hydrogen (secondary N) is 1. The van der Waals surface area contributed by atoms with Crippen LogP contribution in [0.3, 0.4) is 0 Å². The van der Waals surface area contributed by atoms with Gasteiger partial charge in [-0.15, -0.1) is 0 Å². The fourth-order valence-corrected chi connectivity index (χ4v) is 4.56. The molecule has 0 radical (unpaired) electrons. The molecule has 0 atom stereocenters. The van der Waals surface area contributed by atoms with Gasteiger partial charge in [0.1, 0.15) is 5.75 Å². The average Bonchev–Trinajstić information content (AvgIpc) is 2.70. The number of hydrogen-bond donors (Lipinski definition) is 2. The molecule has 1 heterocycles. The minimum absolute atomic E-state index is 0.0706. The third-order valence-electron chi connectivity index (χ3n) is 4.59. The predicted octanol–water partition coefficient (Wildman–Crippen LogP) is 2.60. The first kappa shape index (κ1) is 20.3. The first-order chi connectivity index (χ1) is 13.4. The van der Waals surface area contributed by atoms with E-state index in [-0.39, 0.29) is 35.6 Å². The summed E-state index contributed by atoms with van der Waals surface area (Å²) in [4.78, 5) is 12.5. The Kier molecular flexibility index (Phi) is 6.33. The van der Waals surface area contributed by atoms with Gasteiger partial charge in [-0.3, -0.25) is 4.79 Å².